The van der Waals surface area contributed by atoms with Crippen LogP contribution in [0.3, 0.4) is 0 Å². The number of carbonyl (C=O) groups excluding carboxylic acids is 3. The fourth-order valence-corrected chi connectivity index (χ4v) is 6.94. The highest BCUT2D eigenvalue weighted by Crippen LogP contribution is 2.46. The number of halogens is 1. The zero-order valence-electron chi connectivity index (χ0n) is 27.6. The first-order valence-corrected chi connectivity index (χ1v) is 16.8. The van der Waals surface area contributed by atoms with E-state index in [0.29, 0.717) is 74.4 Å². The minimum Gasteiger partial charge on any atom is -0.453 e. The molecule has 9 nitrogen and oxygen atoms in total. The molecule has 1 heterocycles. The van der Waals surface area contributed by atoms with E-state index in [0.717, 1.165) is 34.2 Å². The molecule has 3 aromatic carbocycles. The van der Waals surface area contributed by atoms with Crippen LogP contribution in [0, 0.1) is 5.92 Å². The Morgan fingerprint density at radius 3 is 2.62 bits per heavy atom. The molecule has 0 spiro atoms. The summed E-state index contributed by atoms with van der Waals surface area (Å²) in [5.74, 6) is -0.876. The molecule has 3 amide bonds. The van der Waals surface area contributed by atoms with E-state index in [1.54, 1.807) is 0 Å². The van der Waals surface area contributed by atoms with E-state index in [2.05, 4.69) is 29.7 Å². The van der Waals surface area contributed by atoms with Gasteiger partial charge in [0.2, 0.25) is 5.91 Å². The number of amides is 3. The third-order valence-electron chi connectivity index (χ3n) is 9.10. The van der Waals surface area contributed by atoms with Gasteiger partial charge in [0.25, 0.3) is 5.91 Å². The predicted octanol–water partition coefficient (Wildman–Crippen LogP) is 5.58. The summed E-state index contributed by atoms with van der Waals surface area (Å²) < 4.78 is 4.74. The van der Waals surface area contributed by atoms with Crippen LogP contribution in [0.5, 0.6) is 0 Å². The van der Waals surface area contributed by atoms with Gasteiger partial charge in [-0.15, -0.1) is 0 Å². The number of alkyl carbamates (subject to hydrolysis) is 1. The van der Waals surface area contributed by atoms with Gasteiger partial charge in [-0.05, 0) is 85.5 Å². The molecule has 0 saturated carbocycles. The van der Waals surface area contributed by atoms with Crippen LogP contribution in [0.15, 0.2) is 60.7 Å². The summed E-state index contributed by atoms with van der Waals surface area (Å²) >= 11 is 6.90. The Balaban J connectivity index is 1.72. The van der Waals surface area contributed by atoms with Crippen molar-refractivity contribution < 1.29 is 24.2 Å². The van der Waals surface area contributed by atoms with Gasteiger partial charge in [-0.3, -0.25) is 9.59 Å². The molecule has 0 aliphatic carbocycles. The number of aliphatic hydroxyl groups is 1. The average molecular weight is 663 g/mol. The fraction of sp³-hybridized carbons (Fsp3) is 0.432. The van der Waals surface area contributed by atoms with Crippen molar-refractivity contribution in [2.24, 2.45) is 11.7 Å². The lowest BCUT2D eigenvalue weighted by atomic mass is 9.72. The van der Waals surface area contributed by atoms with Crippen molar-refractivity contribution in [3.8, 4) is 11.1 Å². The number of nitrogens with two attached hydrogens (primary N) is 1. The highest BCUT2D eigenvalue weighted by atomic mass is 35.5. The second kappa shape index (κ2) is 16.8. The van der Waals surface area contributed by atoms with Gasteiger partial charge < -0.3 is 31.1 Å². The molecule has 0 bridgehead atoms. The standard InChI is InChI=1S/C37H47ClN4O5/c1-4-25-9-5-10-28(21-25)34-31(12-6-13-32(34)38)37(46,18-8-19-41-36(45)47-3)29-11-7-20-42(24-29)35(44)30-16-14-26(23-40-2)22-27(30)15-17-33(39)43/h5-6,9-10,12-14,16,21-22,29,40,46H,4,7-8,11,15,17-20,23-24H2,1-3H3,(H2,39,43)(H,41,45). The molecular weight excluding hydrogens is 616 g/mol. The minimum atomic E-state index is -1.37. The highest BCUT2D eigenvalue weighted by Gasteiger charge is 2.43. The van der Waals surface area contributed by atoms with Crippen molar-refractivity contribution in [3.63, 3.8) is 0 Å². The Morgan fingerprint density at radius 2 is 1.89 bits per heavy atom. The van der Waals surface area contributed by atoms with Crippen LogP contribution >= 0.6 is 11.6 Å². The average Bonchev–Trinajstić information content (AvgIpc) is 3.08. The third-order valence-corrected chi connectivity index (χ3v) is 9.41. The summed E-state index contributed by atoms with van der Waals surface area (Å²) in [6, 6.07) is 19.5. The van der Waals surface area contributed by atoms with Crippen molar-refractivity contribution >= 4 is 29.5 Å². The molecule has 0 radical (unpaired) electrons. The summed E-state index contributed by atoms with van der Waals surface area (Å²) in [5.41, 5.74) is 9.97. The Morgan fingerprint density at radius 1 is 1.11 bits per heavy atom. The van der Waals surface area contributed by atoms with Crippen LogP contribution in [-0.2, 0) is 34.5 Å². The maximum atomic E-state index is 14.2. The van der Waals surface area contributed by atoms with Gasteiger partial charge in [0.05, 0.1) is 12.7 Å². The Labute approximate surface area is 282 Å². The molecule has 2 atom stereocenters. The van der Waals surface area contributed by atoms with Gasteiger partial charge in [-0.2, -0.15) is 0 Å². The number of nitrogens with one attached hydrogen (secondary N) is 2. The molecule has 1 fully saturated rings. The van der Waals surface area contributed by atoms with E-state index in [4.69, 9.17) is 22.1 Å². The third kappa shape index (κ3) is 8.91. The first-order valence-electron chi connectivity index (χ1n) is 16.4. The number of methoxy groups -OCH3 is 1. The van der Waals surface area contributed by atoms with E-state index in [1.807, 2.05) is 60.5 Å². The van der Waals surface area contributed by atoms with Gasteiger partial charge in [0.1, 0.15) is 0 Å². The summed E-state index contributed by atoms with van der Waals surface area (Å²) in [6.45, 7) is 3.91. The molecule has 1 saturated heterocycles. The lowest BCUT2D eigenvalue weighted by Gasteiger charge is -2.44. The van der Waals surface area contributed by atoms with E-state index < -0.39 is 17.6 Å². The van der Waals surface area contributed by atoms with Gasteiger partial charge in [-0.25, -0.2) is 4.79 Å². The first kappa shape index (κ1) is 35.9. The zero-order chi connectivity index (χ0) is 34.0. The molecule has 252 valence electrons. The second-order valence-corrected chi connectivity index (χ2v) is 12.6. The van der Waals surface area contributed by atoms with E-state index >= 15 is 0 Å². The van der Waals surface area contributed by atoms with Crippen LogP contribution in [0.1, 0.15) is 71.6 Å². The molecule has 1 aliphatic rings. The fourth-order valence-electron chi connectivity index (χ4n) is 6.66. The summed E-state index contributed by atoms with van der Waals surface area (Å²) in [7, 11) is 3.17. The van der Waals surface area contributed by atoms with E-state index in [1.165, 1.54) is 7.11 Å². The largest absolute Gasteiger partial charge is 0.453 e. The van der Waals surface area contributed by atoms with Crippen LogP contribution in [0.4, 0.5) is 4.79 Å². The van der Waals surface area contributed by atoms with E-state index in [-0.39, 0.29) is 18.2 Å². The first-order chi connectivity index (χ1) is 22.6. The number of benzene rings is 3. The Hall–Kier alpha value is -3.92. The maximum Gasteiger partial charge on any atom is 0.406 e. The summed E-state index contributed by atoms with van der Waals surface area (Å²) in [5, 5.41) is 19.3. The summed E-state index contributed by atoms with van der Waals surface area (Å²) in [6.07, 6.45) is 3.03. The SMILES string of the molecule is CCc1cccc(-c2c(Cl)cccc2C(O)(CCCNC(=O)OC)C2CCCN(C(=O)c3ccc(CNC)cc3CCC(N)=O)C2)c1. The van der Waals surface area contributed by atoms with Gasteiger partial charge >= 0.3 is 6.09 Å². The van der Waals surface area contributed by atoms with Crippen molar-refractivity contribution in [2.75, 3.05) is 33.8 Å². The quantitative estimate of drug-likeness (QED) is 0.167. The van der Waals surface area contributed by atoms with Crippen LogP contribution < -0.4 is 16.4 Å². The normalized spacial score (nSPS) is 15.9. The number of aryl methyl sites for hydroxylation is 2. The smallest absolute Gasteiger partial charge is 0.406 e. The number of hydrogen-bond donors (Lipinski definition) is 4. The monoisotopic (exact) mass is 662 g/mol. The van der Waals surface area contributed by atoms with Crippen molar-refractivity contribution in [2.45, 2.75) is 64.0 Å². The number of primary amides is 1. The number of piperidine rings is 1. The van der Waals surface area contributed by atoms with Crippen LogP contribution in [-0.4, -0.2) is 61.7 Å². The Bertz CT molecular complexity index is 1560. The molecule has 2 unspecified atom stereocenters. The topological polar surface area (TPSA) is 134 Å². The van der Waals surface area contributed by atoms with E-state index in [9.17, 15) is 19.5 Å². The number of nitrogens with zero attached hydrogens (tertiary/aromatic N) is 1. The number of carbonyl (C=O) groups is 3. The molecule has 1 aliphatic heterocycles. The number of likely N-dealkylation sites (tertiary alicyclic amines) is 1. The minimum absolute atomic E-state index is 0.137. The molecule has 10 heteroatoms. The molecule has 4 rings (SSSR count). The van der Waals surface area contributed by atoms with Gasteiger partial charge in [0, 0.05) is 54.7 Å². The van der Waals surface area contributed by atoms with Gasteiger partial charge in [-0.1, -0.05) is 67.1 Å². The number of rotatable bonds is 14. The maximum absolute atomic E-state index is 14.2. The summed E-state index contributed by atoms with van der Waals surface area (Å²) in [4.78, 5) is 39.4. The highest BCUT2D eigenvalue weighted by molar-refractivity contribution is 6.33. The molecule has 5 N–H and O–H groups in total. The molecule has 3 aromatic rings. The second-order valence-electron chi connectivity index (χ2n) is 12.2. The van der Waals surface area contributed by atoms with Crippen molar-refractivity contribution in [1.82, 2.24) is 15.5 Å². The number of hydrogen-bond acceptors (Lipinski definition) is 6. The van der Waals surface area contributed by atoms with Crippen molar-refractivity contribution in [3.05, 3.63) is 93.5 Å². The number of ether oxygens (including phenoxy) is 1. The van der Waals surface area contributed by atoms with Crippen LogP contribution in [0.25, 0.3) is 11.1 Å². The van der Waals surface area contributed by atoms with Crippen LogP contribution in [0.2, 0.25) is 5.02 Å². The molecular formula is C37H47ClN4O5. The Kier molecular flexibility index (Phi) is 12.8. The predicted molar refractivity (Wildman–Crippen MR) is 185 cm³/mol. The lowest BCUT2D eigenvalue weighted by molar-refractivity contribution is -0.118. The lowest BCUT2D eigenvalue weighted by Crippen LogP contribution is -2.48. The van der Waals surface area contributed by atoms with Gasteiger partial charge in [0.15, 0.2) is 0 Å². The molecule has 47 heavy (non-hydrogen) atoms. The molecule has 0 aromatic heterocycles. The van der Waals surface area contributed by atoms with Crippen molar-refractivity contribution in [1.29, 1.82) is 0 Å². The zero-order valence-corrected chi connectivity index (χ0v) is 28.4.